The Morgan fingerprint density at radius 3 is 2.54 bits per heavy atom. The zero-order chi connectivity index (χ0) is 10.5. The molecule has 0 bridgehead atoms. The van der Waals surface area contributed by atoms with Crippen LogP contribution in [-0.2, 0) is 19.7 Å². The number of nitrogens with one attached hydrogen (secondary N) is 1. The highest BCUT2D eigenvalue weighted by atomic mass is 32.2. The lowest BCUT2D eigenvalue weighted by Crippen LogP contribution is -2.44. The molecular formula is C5H13N3O4S. The first-order valence-electron chi connectivity index (χ1n) is 3.53. The number of ether oxygens (including phenoxy) is 1. The number of likely N-dealkylation sites (N-methyl/N-ethyl adjacent to an activating group) is 1. The lowest BCUT2D eigenvalue weighted by atomic mass is 10.6. The Morgan fingerprint density at radius 2 is 2.15 bits per heavy atom. The Morgan fingerprint density at radius 1 is 1.62 bits per heavy atom. The number of carbonyl (C=O) groups excluding carboxylic acids is 1. The van der Waals surface area contributed by atoms with Gasteiger partial charge in [0.1, 0.15) is 6.54 Å². The van der Waals surface area contributed by atoms with Gasteiger partial charge in [-0.15, -0.1) is 4.83 Å². The molecule has 0 aromatic carbocycles. The van der Waals surface area contributed by atoms with Gasteiger partial charge in [0.15, 0.2) is 0 Å². The summed E-state index contributed by atoms with van der Waals surface area (Å²) in [6.45, 7) is 1.48. The van der Waals surface area contributed by atoms with E-state index in [9.17, 15) is 13.2 Å². The number of hydrogen-bond acceptors (Lipinski definition) is 5. The van der Waals surface area contributed by atoms with Gasteiger partial charge in [-0.05, 0) is 6.92 Å². The maximum atomic E-state index is 10.9. The maximum Gasteiger partial charge on any atom is 0.321 e. The summed E-state index contributed by atoms with van der Waals surface area (Å²) in [5.74, 6) is 4.10. The number of hydrogen-bond donors (Lipinski definition) is 2. The molecule has 0 saturated carbocycles. The van der Waals surface area contributed by atoms with Crippen LogP contribution in [0.2, 0.25) is 0 Å². The van der Waals surface area contributed by atoms with E-state index < -0.39 is 16.2 Å². The molecule has 3 N–H and O–H groups in total. The largest absolute Gasteiger partial charge is 0.465 e. The van der Waals surface area contributed by atoms with Gasteiger partial charge in [-0.25, -0.2) is 0 Å². The highest BCUT2D eigenvalue weighted by Crippen LogP contribution is 1.92. The topological polar surface area (TPSA) is 102 Å². The predicted octanol–water partition coefficient (Wildman–Crippen LogP) is -1.81. The Balaban J connectivity index is 4.16. The molecule has 0 fully saturated rings. The van der Waals surface area contributed by atoms with Gasteiger partial charge in [0.25, 0.3) is 10.2 Å². The molecule has 8 heteroatoms. The van der Waals surface area contributed by atoms with Crippen molar-refractivity contribution in [2.24, 2.45) is 5.84 Å². The number of carbonyl (C=O) groups is 1. The van der Waals surface area contributed by atoms with Gasteiger partial charge in [0, 0.05) is 7.05 Å². The molecule has 0 aliphatic rings. The van der Waals surface area contributed by atoms with E-state index in [0.717, 1.165) is 4.31 Å². The van der Waals surface area contributed by atoms with E-state index >= 15 is 0 Å². The summed E-state index contributed by atoms with van der Waals surface area (Å²) in [6, 6.07) is 0. The number of nitrogens with two attached hydrogens (primary N) is 1. The fraction of sp³-hybridized carbons (Fsp3) is 0.800. The molecule has 0 rings (SSSR count). The SMILES string of the molecule is CCOC(=O)CN(C)S(=O)(=O)NN. The van der Waals surface area contributed by atoms with Crippen molar-refractivity contribution in [2.45, 2.75) is 6.92 Å². The van der Waals surface area contributed by atoms with Gasteiger partial charge in [-0.2, -0.15) is 12.7 Å². The van der Waals surface area contributed by atoms with Gasteiger partial charge in [0.05, 0.1) is 6.61 Å². The normalized spacial score (nSPS) is 11.7. The predicted molar refractivity (Wildman–Crippen MR) is 45.5 cm³/mol. The first kappa shape index (κ1) is 12.3. The zero-order valence-electron chi connectivity index (χ0n) is 7.48. The molecule has 0 heterocycles. The third kappa shape index (κ3) is 4.18. The van der Waals surface area contributed by atoms with Crippen molar-refractivity contribution in [1.82, 2.24) is 9.14 Å². The summed E-state index contributed by atoms with van der Waals surface area (Å²) in [5, 5.41) is 0. The molecular weight excluding hydrogens is 198 g/mol. The molecule has 0 unspecified atom stereocenters. The van der Waals surface area contributed by atoms with Crippen molar-refractivity contribution in [3.05, 3.63) is 0 Å². The van der Waals surface area contributed by atoms with Crippen molar-refractivity contribution in [2.75, 3.05) is 20.2 Å². The van der Waals surface area contributed by atoms with E-state index in [-0.39, 0.29) is 13.2 Å². The minimum absolute atomic E-state index is 0.211. The second-order valence-electron chi connectivity index (χ2n) is 2.18. The minimum Gasteiger partial charge on any atom is -0.465 e. The van der Waals surface area contributed by atoms with Crippen molar-refractivity contribution < 1.29 is 17.9 Å². The first-order valence-corrected chi connectivity index (χ1v) is 4.97. The summed E-state index contributed by atoms with van der Waals surface area (Å²) < 4.78 is 27.1. The van der Waals surface area contributed by atoms with E-state index in [1.165, 1.54) is 7.05 Å². The second-order valence-corrected chi connectivity index (χ2v) is 3.99. The monoisotopic (exact) mass is 211 g/mol. The lowest BCUT2D eigenvalue weighted by molar-refractivity contribution is -0.143. The van der Waals surface area contributed by atoms with Gasteiger partial charge in [-0.3, -0.25) is 10.6 Å². The number of nitrogens with zero attached hydrogens (tertiary/aromatic N) is 1. The molecule has 0 radical (unpaired) electrons. The summed E-state index contributed by atoms with van der Waals surface area (Å²) in [7, 11) is -2.54. The van der Waals surface area contributed by atoms with Crippen molar-refractivity contribution in [3.63, 3.8) is 0 Å². The number of esters is 1. The Labute approximate surface area is 77.0 Å². The molecule has 7 nitrogen and oxygen atoms in total. The molecule has 0 aliphatic carbocycles. The third-order valence-electron chi connectivity index (χ3n) is 1.22. The summed E-state index contributed by atoms with van der Waals surface area (Å²) >= 11 is 0. The number of rotatable bonds is 5. The van der Waals surface area contributed by atoms with E-state index in [2.05, 4.69) is 4.74 Å². The number of hydrazine groups is 1. The smallest absolute Gasteiger partial charge is 0.321 e. The molecule has 78 valence electrons. The van der Waals surface area contributed by atoms with Crippen LogP contribution >= 0.6 is 0 Å². The van der Waals surface area contributed by atoms with E-state index in [4.69, 9.17) is 5.84 Å². The van der Waals surface area contributed by atoms with Gasteiger partial charge in [-0.1, -0.05) is 0 Å². The van der Waals surface area contributed by atoms with Crippen LogP contribution in [0.4, 0.5) is 0 Å². The van der Waals surface area contributed by atoms with Crippen molar-refractivity contribution in [3.8, 4) is 0 Å². The molecule has 0 amide bonds. The molecule has 13 heavy (non-hydrogen) atoms. The van der Waals surface area contributed by atoms with Gasteiger partial charge >= 0.3 is 5.97 Å². The standard InChI is InChI=1S/C5H13N3O4S/c1-3-12-5(9)4-8(2)13(10,11)7-6/h7H,3-4,6H2,1-2H3. The summed E-state index contributed by atoms with van der Waals surface area (Å²) in [6.07, 6.45) is 0. The Bertz CT molecular complexity index is 263. The lowest BCUT2D eigenvalue weighted by Gasteiger charge is -2.14. The molecule has 0 aliphatic heterocycles. The van der Waals surface area contributed by atoms with Gasteiger partial charge in [0.2, 0.25) is 0 Å². The zero-order valence-corrected chi connectivity index (χ0v) is 8.30. The van der Waals surface area contributed by atoms with Crippen LogP contribution in [0.3, 0.4) is 0 Å². The average Bonchev–Trinajstić information content (AvgIpc) is 2.04. The van der Waals surface area contributed by atoms with Crippen LogP contribution in [0.25, 0.3) is 0 Å². The van der Waals surface area contributed by atoms with Crippen LogP contribution < -0.4 is 10.7 Å². The van der Waals surface area contributed by atoms with Crippen LogP contribution in [0.15, 0.2) is 0 Å². The quantitative estimate of drug-likeness (QED) is 0.317. The maximum absolute atomic E-state index is 10.9. The average molecular weight is 211 g/mol. The first-order chi connectivity index (χ1) is 5.94. The highest BCUT2D eigenvalue weighted by molar-refractivity contribution is 7.87. The van der Waals surface area contributed by atoms with Crippen molar-refractivity contribution >= 4 is 16.2 Å². The summed E-state index contributed by atoms with van der Waals surface area (Å²) in [4.78, 5) is 12.4. The van der Waals surface area contributed by atoms with Crippen molar-refractivity contribution in [1.29, 1.82) is 0 Å². The molecule has 0 saturated heterocycles. The van der Waals surface area contributed by atoms with E-state index in [1.54, 1.807) is 11.8 Å². The van der Waals surface area contributed by atoms with Crippen LogP contribution in [-0.4, -0.2) is 38.9 Å². The Hall–Kier alpha value is -0.700. The van der Waals surface area contributed by atoms with Crippen LogP contribution in [0, 0.1) is 0 Å². The fourth-order valence-corrected chi connectivity index (χ4v) is 1.02. The summed E-state index contributed by atoms with van der Waals surface area (Å²) in [5.41, 5.74) is 0. The molecule has 0 atom stereocenters. The minimum atomic E-state index is -3.75. The molecule has 0 spiro atoms. The van der Waals surface area contributed by atoms with Gasteiger partial charge < -0.3 is 4.74 Å². The second kappa shape index (κ2) is 5.12. The third-order valence-corrected chi connectivity index (χ3v) is 2.46. The highest BCUT2D eigenvalue weighted by Gasteiger charge is 2.18. The Kier molecular flexibility index (Phi) is 4.85. The molecule has 0 aromatic rings. The van der Waals surface area contributed by atoms with Crippen LogP contribution in [0.1, 0.15) is 6.92 Å². The fourth-order valence-electron chi connectivity index (χ4n) is 0.563. The van der Waals surface area contributed by atoms with E-state index in [0.29, 0.717) is 0 Å². The van der Waals surface area contributed by atoms with Crippen LogP contribution in [0.5, 0.6) is 0 Å². The molecule has 0 aromatic heterocycles. The van der Waals surface area contributed by atoms with E-state index in [1.807, 2.05) is 0 Å².